The number of halogens is 2. The fourth-order valence-electron chi connectivity index (χ4n) is 3.80. The number of hydrogen-bond donors (Lipinski definition) is 1. The van der Waals surface area contributed by atoms with Crippen molar-refractivity contribution in [2.75, 3.05) is 19.7 Å². The molecule has 3 aromatic rings. The van der Waals surface area contributed by atoms with Crippen molar-refractivity contribution in [3.63, 3.8) is 0 Å². The fraction of sp³-hybridized carbons (Fsp3) is 0.261. The van der Waals surface area contributed by atoms with Gasteiger partial charge in [0.05, 0.1) is 16.5 Å². The summed E-state index contributed by atoms with van der Waals surface area (Å²) in [4.78, 5) is 12.9. The molecule has 9 heteroatoms. The number of nitrogens with zero attached hydrogens (tertiary/aromatic N) is 1. The van der Waals surface area contributed by atoms with Crippen molar-refractivity contribution in [2.45, 2.75) is 23.8 Å². The van der Waals surface area contributed by atoms with Gasteiger partial charge in [0.25, 0.3) is 0 Å². The Kier molecular flexibility index (Phi) is 6.90. The summed E-state index contributed by atoms with van der Waals surface area (Å²) >= 11 is 12.0. The second-order valence-corrected chi connectivity index (χ2v) is 10.1. The highest BCUT2D eigenvalue weighted by molar-refractivity contribution is 7.89. The molecule has 0 saturated carbocycles. The summed E-state index contributed by atoms with van der Waals surface area (Å²) in [5, 5.41) is 5.26. The molecule has 0 spiro atoms. The van der Waals surface area contributed by atoms with Crippen molar-refractivity contribution in [1.29, 1.82) is 0 Å². The zero-order valence-electron chi connectivity index (χ0n) is 17.1. The van der Waals surface area contributed by atoms with Crippen molar-refractivity contribution >= 4 is 49.9 Å². The molecule has 6 nitrogen and oxygen atoms in total. The van der Waals surface area contributed by atoms with E-state index in [0.29, 0.717) is 35.2 Å². The number of benzene rings is 3. The Hall–Kier alpha value is -2.32. The minimum Gasteiger partial charge on any atom is -0.490 e. The third-order valence-electron chi connectivity index (χ3n) is 5.41. The number of nitrogens with one attached hydrogen (secondary N) is 1. The van der Waals surface area contributed by atoms with Gasteiger partial charge in [0.2, 0.25) is 15.9 Å². The first-order valence-corrected chi connectivity index (χ1v) is 12.4. The first-order valence-electron chi connectivity index (χ1n) is 10.2. The highest BCUT2D eigenvalue weighted by atomic mass is 35.5. The van der Waals surface area contributed by atoms with E-state index in [4.69, 9.17) is 27.9 Å². The Morgan fingerprint density at radius 3 is 2.66 bits per heavy atom. The first kappa shape index (κ1) is 22.9. The third kappa shape index (κ3) is 4.71. The molecule has 1 saturated heterocycles. The Bertz CT molecular complexity index is 1250. The van der Waals surface area contributed by atoms with Crippen LogP contribution in [0.25, 0.3) is 10.8 Å². The molecule has 1 aliphatic heterocycles. The number of ether oxygens (including phenoxy) is 1. The number of fused-ring (bicyclic) bond motifs is 1. The van der Waals surface area contributed by atoms with Gasteiger partial charge in [-0.2, -0.15) is 4.31 Å². The summed E-state index contributed by atoms with van der Waals surface area (Å²) in [6.07, 6.45) is 1.10. The summed E-state index contributed by atoms with van der Waals surface area (Å²) in [6.45, 7) is 0.694. The van der Waals surface area contributed by atoms with E-state index in [1.165, 1.54) is 4.31 Å². The maximum absolute atomic E-state index is 13.3. The van der Waals surface area contributed by atoms with E-state index >= 15 is 0 Å². The molecule has 0 radical (unpaired) electrons. The van der Waals surface area contributed by atoms with Crippen molar-refractivity contribution in [1.82, 2.24) is 9.62 Å². The predicted octanol–water partition coefficient (Wildman–Crippen LogP) is 4.49. The Labute approximate surface area is 197 Å². The maximum Gasteiger partial charge on any atom is 0.243 e. The summed E-state index contributed by atoms with van der Waals surface area (Å²) in [7, 11) is -3.80. The van der Waals surface area contributed by atoms with Gasteiger partial charge in [-0.25, -0.2) is 8.42 Å². The highest BCUT2D eigenvalue weighted by Crippen LogP contribution is 2.31. The Balaban J connectivity index is 1.40. The Morgan fingerprint density at radius 2 is 1.84 bits per heavy atom. The SMILES string of the molecule is O=C(NCCOc1cccc(Cl)c1Cl)[C@@H]1CCCN1S(=O)(=O)c1ccc2ccccc2c1. The van der Waals surface area contributed by atoms with Crippen LogP contribution in [-0.2, 0) is 14.8 Å². The number of hydrogen-bond acceptors (Lipinski definition) is 4. The second kappa shape index (κ2) is 9.67. The van der Waals surface area contributed by atoms with Crippen LogP contribution in [0, 0.1) is 0 Å². The van der Waals surface area contributed by atoms with E-state index in [2.05, 4.69) is 5.32 Å². The van der Waals surface area contributed by atoms with Crippen LogP contribution in [-0.4, -0.2) is 44.4 Å². The van der Waals surface area contributed by atoms with Gasteiger partial charge in [-0.1, -0.05) is 59.6 Å². The molecular weight excluding hydrogens is 471 g/mol. The van der Waals surface area contributed by atoms with E-state index < -0.39 is 16.1 Å². The van der Waals surface area contributed by atoms with Crippen LogP contribution in [0.5, 0.6) is 5.75 Å². The maximum atomic E-state index is 13.3. The number of carbonyl (C=O) groups is 1. The van der Waals surface area contributed by atoms with E-state index in [9.17, 15) is 13.2 Å². The lowest BCUT2D eigenvalue weighted by atomic mass is 10.1. The molecule has 3 aromatic carbocycles. The van der Waals surface area contributed by atoms with E-state index in [1.807, 2.05) is 24.3 Å². The molecule has 0 unspecified atom stereocenters. The molecule has 168 valence electrons. The third-order valence-corrected chi connectivity index (χ3v) is 8.11. The topological polar surface area (TPSA) is 75.7 Å². The number of carbonyl (C=O) groups excluding carboxylic acids is 1. The molecule has 1 atom stereocenters. The van der Waals surface area contributed by atoms with Crippen LogP contribution in [0.1, 0.15) is 12.8 Å². The van der Waals surface area contributed by atoms with Gasteiger partial charge in [0, 0.05) is 6.54 Å². The highest BCUT2D eigenvalue weighted by Gasteiger charge is 2.39. The smallest absolute Gasteiger partial charge is 0.243 e. The molecule has 1 N–H and O–H groups in total. The average molecular weight is 493 g/mol. The largest absolute Gasteiger partial charge is 0.490 e. The molecule has 1 fully saturated rings. The summed E-state index contributed by atoms with van der Waals surface area (Å²) in [5.74, 6) is 0.0856. The standard InChI is InChI=1S/C23H22Cl2N2O4S/c24-19-7-3-9-21(22(19)25)31-14-12-26-23(28)20-8-4-13-27(20)32(29,30)18-11-10-16-5-1-2-6-17(16)15-18/h1-3,5-7,9-11,15,20H,4,8,12-14H2,(H,26,28)/t20-/m0/s1. The van der Waals surface area contributed by atoms with Gasteiger partial charge in [-0.3, -0.25) is 4.79 Å². The van der Waals surface area contributed by atoms with Crippen LogP contribution in [0.15, 0.2) is 65.6 Å². The molecule has 32 heavy (non-hydrogen) atoms. The fourth-order valence-corrected chi connectivity index (χ4v) is 5.84. The van der Waals surface area contributed by atoms with Gasteiger partial charge in [0.15, 0.2) is 0 Å². The van der Waals surface area contributed by atoms with Crippen molar-refractivity contribution < 1.29 is 17.9 Å². The molecule has 0 bridgehead atoms. The van der Waals surface area contributed by atoms with Crippen LogP contribution >= 0.6 is 23.2 Å². The van der Waals surface area contributed by atoms with Gasteiger partial charge in [-0.15, -0.1) is 0 Å². The zero-order valence-corrected chi connectivity index (χ0v) is 19.5. The summed E-state index contributed by atoms with van der Waals surface area (Å²) < 4.78 is 33.4. The molecular formula is C23H22Cl2N2O4S. The molecule has 1 aliphatic rings. The lowest BCUT2D eigenvalue weighted by Gasteiger charge is -2.23. The molecule has 1 heterocycles. The normalized spacial score (nSPS) is 16.9. The van der Waals surface area contributed by atoms with Crippen LogP contribution in [0.2, 0.25) is 10.0 Å². The second-order valence-electron chi connectivity index (χ2n) is 7.47. The van der Waals surface area contributed by atoms with Crippen LogP contribution in [0.3, 0.4) is 0 Å². The zero-order chi connectivity index (χ0) is 22.7. The number of rotatable bonds is 7. The van der Waals surface area contributed by atoms with Gasteiger partial charge >= 0.3 is 0 Å². The lowest BCUT2D eigenvalue weighted by Crippen LogP contribution is -2.46. The van der Waals surface area contributed by atoms with E-state index in [-0.39, 0.29) is 24.0 Å². The molecule has 0 aromatic heterocycles. The minimum atomic E-state index is -3.80. The van der Waals surface area contributed by atoms with E-state index in [0.717, 1.165) is 10.8 Å². The van der Waals surface area contributed by atoms with Crippen molar-refractivity contribution in [3.05, 3.63) is 70.7 Å². The van der Waals surface area contributed by atoms with Crippen molar-refractivity contribution in [3.8, 4) is 5.75 Å². The monoisotopic (exact) mass is 492 g/mol. The first-order chi connectivity index (χ1) is 15.4. The quantitative estimate of drug-likeness (QED) is 0.492. The predicted molar refractivity (Wildman–Crippen MR) is 126 cm³/mol. The van der Waals surface area contributed by atoms with Gasteiger partial charge in [-0.05, 0) is 47.9 Å². The Morgan fingerprint density at radius 1 is 1.06 bits per heavy atom. The number of sulfonamides is 1. The average Bonchev–Trinajstić information content (AvgIpc) is 3.30. The van der Waals surface area contributed by atoms with Gasteiger partial charge in [0.1, 0.15) is 23.4 Å². The molecule has 1 amide bonds. The number of amides is 1. The molecule has 0 aliphatic carbocycles. The minimum absolute atomic E-state index is 0.177. The summed E-state index contributed by atoms with van der Waals surface area (Å²) in [5.41, 5.74) is 0. The molecule has 4 rings (SSSR count). The van der Waals surface area contributed by atoms with Crippen LogP contribution < -0.4 is 10.1 Å². The summed E-state index contributed by atoms with van der Waals surface area (Å²) in [6, 6.07) is 16.9. The van der Waals surface area contributed by atoms with Gasteiger partial charge < -0.3 is 10.1 Å². The van der Waals surface area contributed by atoms with Crippen LogP contribution in [0.4, 0.5) is 0 Å². The lowest BCUT2D eigenvalue weighted by molar-refractivity contribution is -0.124. The van der Waals surface area contributed by atoms with Crippen molar-refractivity contribution in [2.24, 2.45) is 0 Å². The van der Waals surface area contributed by atoms with E-state index in [1.54, 1.807) is 36.4 Å².